The molecule has 0 unspecified atom stereocenters. The molecule has 1 aliphatic heterocycles. The summed E-state index contributed by atoms with van der Waals surface area (Å²) < 4.78 is 5.75. The predicted octanol–water partition coefficient (Wildman–Crippen LogP) is 3.41. The van der Waals surface area contributed by atoms with Crippen LogP contribution in [0.3, 0.4) is 0 Å². The lowest BCUT2D eigenvalue weighted by molar-refractivity contribution is -0.127. The van der Waals surface area contributed by atoms with Crippen molar-refractivity contribution in [2.75, 3.05) is 26.2 Å². The molecule has 3 rings (SSSR count). The summed E-state index contributed by atoms with van der Waals surface area (Å²) in [4.78, 5) is 14.8. The van der Waals surface area contributed by atoms with E-state index in [-0.39, 0.29) is 36.8 Å². The molecule has 27 heavy (non-hydrogen) atoms. The molecule has 2 aliphatic rings. The van der Waals surface area contributed by atoms with Gasteiger partial charge in [0.2, 0.25) is 5.91 Å². The monoisotopic (exact) mass is 437 g/mol. The van der Waals surface area contributed by atoms with Crippen molar-refractivity contribution in [1.82, 2.24) is 10.2 Å². The number of rotatable bonds is 6. The SMILES string of the molecule is Cl.Cl.NC1(C(=O)NC2CCN(CCOc3ccc(Cl)cc3)CC2)CCCC1. The first-order chi connectivity index (χ1) is 12.0. The van der Waals surface area contributed by atoms with Crippen LogP contribution in [0.1, 0.15) is 38.5 Å². The lowest BCUT2D eigenvalue weighted by Crippen LogP contribution is -2.56. The quantitative estimate of drug-likeness (QED) is 0.714. The van der Waals surface area contributed by atoms with Gasteiger partial charge in [-0.15, -0.1) is 24.8 Å². The predicted molar refractivity (Wildman–Crippen MR) is 114 cm³/mol. The van der Waals surface area contributed by atoms with E-state index in [1.165, 1.54) is 0 Å². The highest BCUT2D eigenvalue weighted by molar-refractivity contribution is 6.30. The summed E-state index contributed by atoms with van der Waals surface area (Å²) >= 11 is 5.87. The number of amides is 1. The molecule has 2 fully saturated rings. The van der Waals surface area contributed by atoms with Gasteiger partial charge in [0.15, 0.2) is 0 Å². The number of nitrogens with two attached hydrogens (primary N) is 1. The molecule has 5 nitrogen and oxygen atoms in total. The van der Waals surface area contributed by atoms with Gasteiger partial charge in [0.25, 0.3) is 0 Å². The minimum atomic E-state index is -0.621. The maximum atomic E-state index is 12.4. The van der Waals surface area contributed by atoms with Crippen LogP contribution in [-0.4, -0.2) is 48.6 Å². The molecule has 1 saturated carbocycles. The Hall–Kier alpha value is -0.720. The van der Waals surface area contributed by atoms with Crippen LogP contribution >= 0.6 is 36.4 Å². The van der Waals surface area contributed by atoms with E-state index in [1.54, 1.807) is 0 Å². The van der Waals surface area contributed by atoms with Crippen molar-refractivity contribution in [3.63, 3.8) is 0 Å². The first-order valence-corrected chi connectivity index (χ1v) is 9.63. The van der Waals surface area contributed by atoms with E-state index in [0.717, 1.165) is 63.9 Å². The molecule has 154 valence electrons. The zero-order valence-corrected chi connectivity index (χ0v) is 17.9. The minimum absolute atomic E-state index is 0. The average Bonchev–Trinajstić information content (AvgIpc) is 3.06. The summed E-state index contributed by atoms with van der Waals surface area (Å²) in [7, 11) is 0. The second-order valence-corrected chi connectivity index (χ2v) is 7.69. The fraction of sp³-hybridized carbons (Fsp3) is 0.632. The van der Waals surface area contributed by atoms with E-state index in [2.05, 4.69) is 10.2 Å². The van der Waals surface area contributed by atoms with Crippen molar-refractivity contribution < 1.29 is 9.53 Å². The summed E-state index contributed by atoms with van der Waals surface area (Å²) in [5.74, 6) is 0.894. The Kier molecular flexibility index (Phi) is 10.2. The molecule has 1 aromatic carbocycles. The Morgan fingerprint density at radius 1 is 1.19 bits per heavy atom. The molecule has 1 amide bonds. The van der Waals surface area contributed by atoms with Gasteiger partial charge in [-0.25, -0.2) is 0 Å². The molecule has 1 saturated heterocycles. The standard InChI is InChI=1S/C19H28ClN3O2.2ClH/c20-15-3-5-17(6-4-15)25-14-13-23-11-7-16(8-12-23)22-18(24)19(21)9-1-2-10-19;;/h3-6,16H,1-2,7-14,21H2,(H,22,24);2*1H. The van der Waals surface area contributed by atoms with Crippen LogP contribution in [0.2, 0.25) is 5.02 Å². The lowest BCUT2D eigenvalue weighted by Gasteiger charge is -2.34. The van der Waals surface area contributed by atoms with Crippen molar-refractivity contribution in [1.29, 1.82) is 0 Å². The lowest BCUT2D eigenvalue weighted by atomic mass is 9.96. The van der Waals surface area contributed by atoms with Gasteiger partial charge in [0.05, 0.1) is 5.54 Å². The highest BCUT2D eigenvalue weighted by Gasteiger charge is 2.38. The molecular weight excluding hydrogens is 409 g/mol. The largest absolute Gasteiger partial charge is 0.492 e. The number of hydrogen-bond acceptors (Lipinski definition) is 4. The minimum Gasteiger partial charge on any atom is -0.492 e. The maximum Gasteiger partial charge on any atom is 0.240 e. The molecule has 0 aromatic heterocycles. The van der Waals surface area contributed by atoms with Gasteiger partial charge in [-0.2, -0.15) is 0 Å². The van der Waals surface area contributed by atoms with Gasteiger partial charge in [-0.1, -0.05) is 24.4 Å². The fourth-order valence-corrected chi connectivity index (χ4v) is 3.81. The third-order valence-electron chi connectivity index (χ3n) is 5.36. The number of carbonyl (C=O) groups is 1. The molecular formula is C19H30Cl3N3O2. The van der Waals surface area contributed by atoms with Crippen LogP contribution in [0, 0.1) is 0 Å². The topological polar surface area (TPSA) is 67.6 Å². The van der Waals surface area contributed by atoms with Gasteiger partial charge in [0.1, 0.15) is 12.4 Å². The second kappa shape index (κ2) is 11.3. The Labute approximate surface area is 179 Å². The number of piperidine rings is 1. The molecule has 1 aromatic rings. The number of nitrogens with zero attached hydrogens (tertiary/aromatic N) is 1. The maximum absolute atomic E-state index is 12.4. The number of carbonyl (C=O) groups excluding carboxylic acids is 1. The van der Waals surface area contributed by atoms with E-state index in [1.807, 2.05) is 24.3 Å². The number of halogens is 3. The van der Waals surface area contributed by atoms with Crippen LogP contribution in [-0.2, 0) is 4.79 Å². The first kappa shape index (κ1) is 24.3. The fourth-order valence-electron chi connectivity index (χ4n) is 3.69. The molecule has 3 N–H and O–H groups in total. The molecule has 1 heterocycles. The van der Waals surface area contributed by atoms with Gasteiger partial charge >= 0.3 is 0 Å². The number of hydrogen-bond donors (Lipinski definition) is 2. The highest BCUT2D eigenvalue weighted by atomic mass is 35.5. The molecule has 8 heteroatoms. The van der Waals surface area contributed by atoms with E-state index in [9.17, 15) is 4.79 Å². The van der Waals surface area contributed by atoms with Gasteiger partial charge in [-0.3, -0.25) is 9.69 Å². The van der Waals surface area contributed by atoms with Gasteiger partial charge in [0, 0.05) is 30.7 Å². The normalized spacial score (nSPS) is 19.6. The number of nitrogens with one attached hydrogen (secondary N) is 1. The smallest absolute Gasteiger partial charge is 0.240 e. The van der Waals surface area contributed by atoms with Crippen LogP contribution in [0.25, 0.3) is 0 Å². The van der Waals surface area contributed by atoms with Crippen LogP contribution in [0.5, 0.6) is 5.75 Å². The van der Waals surface area contributed by atoms with E-state index in [4.69, 9.17) is 22.1 Å². The zero-order valence-electron chi connectivity index (χ0n) is 15.5. The van der Waals surface area contributed by atoms with Crippen molar-refractivity contribution in [2.45, 2.75) is 50.1 Å². The number of likely N-dealkylation sites (tertiary alicyclic amines) is 1. The van der Waals surface area contributed by atoms with Gasteiger partial charge < -0.3 is 15.8 Å². The van der Waals surface area contributed by atoms with Crippen LogP contribution in [0.4, 0.5) is 0 Å². The second-order valence-electron chi connectivity index (χ2n) is 7.26. The van der Waals surface area contributed by atoms with Crippen molar-refractivity contribution >= 4 is 42.3 Å². The Morgan fingerprint density at radius 3 is 2.37 bits per heavy atom. The third kappa shape index (κ3) is 6.99. The van der Waals surface area contributed by atoms with E-state index in [0.29, 0.717) is 11.6 Å². The molecule has 0 atom stereocenters. The summed E-state index contributed by atoms with van der Waals surface area (Å²) in [5, 5.41) is 3.89. The van der Waals surface area contributed by atoms with Crippen LogP contribution < -0.4 is 15.8 Å². The molecule has 1 aliphatic carbocycles. The average molecular weight is 439 g/mol. The third-order valence-corrected chi connectivity index (χ3v) is 5.61. The Morgan fingerprint density at radius 2 is 1.78 bits per heavy atom. The number of ether oxygens (including phenoxy) is 1. The van der Waals surface area contributed by atoms with E-state index < -0.39 is 5.54 Å². The van der Waals surface area contributed by atoms with Crippen molar-refractivity contribution in [3.8, 4) is 5.75 Å². The number of benzene rings is 1. The van der Waals surface area contributed by atoms with Crippen LogP contribution in [0.15, 0.2) is 24.3 Å². The zero-order chi connectivity index (χ0) is 17.7. The van der Waals surface area contributed by atoms with Crippen molar-refractivity contribution in [3.05, 3.63) is 29.3 Å². The molecule has 0 radical (unpaired) electrons. The first-order valence-electron chi connectivity index (χ1n) is 9.26. The summed E-state index contributed by atoms with van der Waals surface area (Å²) in [6.45, 7) is 3.51. The summed E-state index contributed by atoms with van der Waals surface area (Å²) in [5.41, 5.74) is 5.61. The summed E-state index contributed by atoms with van der Waals surface area (Å²) in [6, 6.07) is 7.69. The Bertz CT molecular complexity index is 572. The van der Waals surface area contributed by atoms with E-state index >= 15 is 0 Å². The molecule has 0 bridgehead atoms. The molecule has 0 spiro atoms. The van der Waals surface area contributed by atoms with Crippen molar-refractivity contribution in [2.24, 2.45) is 5.73 Å². The highest BCUT2D eigenvalue weighted by Crippen LogP contribution is 2.27. The Balaban J connectivity index is 0.00000182. The summed E-state index contributed by atoms with van der Waals surface area (Å²) in [6.07, 6.45) is 5.72. The van der Waals surface area contributed by atoms with Gasteiger partial charge in [-0.05, 0) is 49.9 Å².